The summed E-state index contributed by atoms with van der Waals surface area (Å²) in [7, 11) is 1.58. The minimum absolute atomic E-state index is 0.310. The SMILES string of the molecule is COCc1cc(C)nc(NN=Cc2cc(Cl)c(OCc3ccc(Cl)cc3)c(Br)c2)c1C#N. The quantitative estimate of drug-likeness (QED) is 0.264. The van der Waals surface area contributed by atoms with Gasteiger partial charge in [0.15, 0.2) is 11.6 Å². The van der Waals surface area contributed by atoms with Crippen LogP contribution in [0.25, 0.3) is 0 Å². The van der Waals surface area contributed by atoms with Crippen molar-refractivity contribution >= 4 is 51.2 Å². The molecular weight excluding hydrogens is 515 g/mol. The molecular formula is C23H19BrCl2N4O2. The van der Waals surface area contributed by atoms with Gasteiger partial charge in [0.2, 0.25) is 0 Å². The molecule has 1 N–H and O–H groups in total. The molecule has 0 unspecified atom stereocenters. The highest BCUT2D eigenvalue weighted by Crippen LogP contribution is 2.34. The molecule has 9 heteroatoms. The van der Waals surface area contributed by atoms with E-state index in [1.165, 1.54) is 0 Å². The smallest absolute Gasteiger partial charge is 0.164 e. The maximum Gasteiger partial charge on any atom is 0.164 e. The molecule has 0 atom stereocenters. The van der Waals surface area contributed by atoms with Gasteiger partial charge in [0.05, 0.1) is 22.3 Å². The standard InChI is InChI=1S/C23H19BrCl2N4O2/c1-14-7-17(13-31-2)19(10-27)23(29-14)30-28-11-16-8-20(24)22(21(26)9-16)32-12-15-3-5-18(25)6-4-15/h3-9,11H,12-13H2,1-2H3,(H,29,30). The number of aromatic nitrogens is 1. The molecule has 0 saturated carbocycles. The molecule has 1 heterocycles. The number of aryl methyl sites for hydroxylation is 1. The molecule has 32 heavy (non-hydrogen) atoms. The van der Waals surface area contributed by atoms with E-state index in [0.29, 0.717) is 44.9 Å². The van der Waals surface area contributed by atoms with Crippen LogP contribution in [-0.4, -0.2) is 18.3 Å². The molecule has 0 aliphatic carbocycles. The summed E-state index contributed by atoms with van der Waals surface area (Å²) in [4.78, 5) is 4.36. The van der Waals surface area contributed by atoms with E-state index in [1.807, 2.05) is 43.3 Å². The lowest BCUT2D eigenvalue weighted by Crippen LogP contribution is -2.03. The Balaban J connectivity index is 1.73. The first-order valence-electron chi connectivity index (χ1n) is 9.46. The van der Waals surface area contributed by atoms with Crippen molar-refractivity contribution < 1.29 is 9.47 Å². The molecule has 0 fully saturated rings. The van der Waals surface area contributed by atoms with Crippen molar-refractivity contribution in [2.75, 3.05) is 12.5 Å². The van der Waals surface area contributed by atoms with Crippen LogP contribution in [-0.2, 0) is 18.0 Å². The predicted molar refractivity (Wildman–Crippen MR) is 131 cm³/mol. The van der Waals surface area contributed by atoms with E-state index in [1.54, 1.807) is 19.4 Å². The predicted octanol–water partition coefficient (Wildman–Crippen LogP) is 6.50. The lowest BCUT2D eigenvalue weighted by molar-refractivity contribution is 0.184. The minimum Gasteiger partial charge on any atom is -0.486 e. The van der Waals surface area contributed by atoms with Gasteiger partial charge in [-0.3, -0.25) is 5.43 Å². The van der Waals surface area contributed by atoms with Crippen LogP contribution < -0.4 is 10.2 Å². The third kappa shape index (κ3) is 6.21. The first-order chi connectivity index (χ1) is 15.4. The zero-order valence-electron chi connectivity index (χ0n) is 17.3. The van der Waals surface area contributed by atoms with Gasteiger partial charge in [-0.25, -0.2) is 4.98 Å². The van der Waals surface area contributed by atoms with Crippen LogP contribution in [0.1, 0.15) is 27.9 Å². The normalized spacial score (nSPS) is 10.9. The molecule has 0 aliphatic heterocycles. The van der Waals surface area contributed by atoms with E-state index in [4.69, 9.17) is 32.7 Å². The van der Waals surface area contributed by atoms with Crippen LogP contribution in [0.2, 0.25) is 10.0 Å². The number of hydrogen-bond donors (Lipinski definition) is 1. The van der Waals surface area contributed by atoms with Gasteiger partial charge < -0.3 is 9.47 Å². The fraction of sp³-hybridized carbons (Fsp3) is 0.174. The summed E-state index contributed by atoms with van der Waals surface area (Å²) < 4.78 is 11.7. The van der Waals surface area contributed by atoms with Crippen molar-refractivity contribution in [1.29, 1.82) is 5.26 Å². The second-order valence-electron chi connectivity index (χ2n) is 6.79. The molecule has 0 spiro atoms. The van der Waals surface area contributed by atoms with Crippen molar-refractivity contribution in [3.8, 4) is 11.8 Å². The second kappa shape index (κ2) is 11.3. The lowest BCUT2D eigenvalue weighted by Gasteiger charge is -2.11. The van der Waals surface area contributed by atoms with Gasteiger partial charge >= 0.3 is 0 Å². The second-order valence-corrected chi connectivity index (χ2v) is 8.49. The fourth-order valence-corrected chi connectivity index (χ4v) is 4.03. The van der Waals surface area contributed by atoms with E-state index in [-0.39, 0.29) is 0 Å². The van der Waals surface area contributed by atoms with E-state index in [0.717, 1.165) is 22.4 Å². The maximum atomic E-state index is 9.50. The summed E-state index contributed by atoms with van der Waals surface area (Å²) in [5.74, 6) is 0.895. The molecule has 3 rings (SSSR count). The lowest BCUT2D eigenvalue weighted by atomic mass is 10.1. The van der Waals surface area contributed by atoms with E-state index in [9.17, 15) is 5.26 Å². The van der Waals surface area contributed by atoms with Gasteiger partial charge in [0, 0.05) is 23.4 Å². The number of halogens is 3. The summed E-state index contributed by atoms with van der Waals surface area (Å²) in [5.41, 5.74) is 6.43. The number of anilines is 1. The zero-order chi connectivity index (χ0) is 23.1. The Labute approximate surface area is 204 Å². The van der Waals surface area contributed by atoms with Crippen LogP contribution >= 0.6 is 39.1 Å². The molecule has 0 saturated heterocycles. The molecule has 0 bridgehead atoms. The monoisotopic (exact) mass is 532 g/mol. The fourth-order valence-electron chi connectivity index (χ4n) is 2.91. The number of benzene rings is 2. The van der Waals surface area contributed by atoms with Crippen LogP contribution in [0.15, 0.2) is 52.0 Å². The van der Waals surface area contributed by atoms with Crippen LogP contribution in [0.4, 0.5) is 5.82 Å². The molecule has 0 amide bonds. The number of hydrazone groups is 1. The van der Waals surface area contributed by atoms with Crippen molar-refractivity contribution in [3.05, 3.63) is 84.9 Å². The number of pyridine rings is 1. The molecule has 0 radical (unpaired) electrons. The van der Waals surface area contributed by atoms with Crippen molar-refractivity contribution in [2.24, 2.45) is 5.10 Å². The third-order valence-corrected chi connectivity index (χ3v) is 5.46. The molecule has 164 valence electrons. The Morgan fingerprint density at radius 2 is 1.94 bits per heavy atom. The molecule has 0 aliphatic rings. The third-order valence-electron chi connectivity index (χ3n) is 4.34. The van der Waals surface area contributed by atoms with Crippen LogP contribution in [0.3, 0.4) is 0 Å². The van der Waals surface area contributed by atoms with E-state index < -0.39 is 0 Å². The van der Waals surface area contributed by atoms with Crippen LogP contribution in [0, 0.1) is 18.3 Å². The molecule has 1 aromatic heterocycles. The number of nitriles is 1. The van der Waals surface area contributed by atoms with E-state index in [2.05, 4.69) is 37.5 Å². The molecule has 3 aromatic rings. The van der Waals surface area contributed by atoms with Gasteiger partial charge in [0.25, 0.3) is 0 Å². The topological polar surface area (TPSA) is 79.5 Å². The highest BCUT2D eigenvalue weighted by molar-refractivity contribution is 9.10. The van der Waals surface area contributed by atoms with Gasteiger partial charge in [-0.05, 0) is 64.3 Å². The van der Waals surface area contributed by atoms with Gasteiger partial charge in [-0.1, -0.05) is 35.3 Å². The summed E-state index contributed by atoms with van der Waals surface area (Å²) in [5, 5.41) is 14.8. The Hall–Kier alpha value is -2.63. The number of ether oxygens (including phenoxy) is 2. The summed E-state index contributed by atoms with van der Waals surface area (Å²) in [6, 6.07) is 14.9. The van der Waals surface area contributed by atoms with Crippen LogP contribution in [0.5, 0.6) is 5.75 Å². The Morgan fingerprint density at radius 1 is 1.19 bits per heavy atom. The average molecular weight is 534 g/mol. The van der Waals surface area contributed by atoms with Crippen molar-refractivity contribution in [2.45, 2.75) is 20.1 Å². The summed E-state index contributed by atoms with van der Waals surface area (Å²) in [6.45, 7) is 2.50. The molecule has 6 nitrogen and oxygen atoms in total. The summed E-state index contributed by atoms with van der Waals surface area (Å²) in [6.07, 6.45) is 1.58. The number of nitrogens with zero attached hydrogens (tertiary/aromatic N) is 3. The molecule has 2 aromatic carbocycles. The number of hydrogen-bond acceptors (Lipinski definition) is 6. The van der Waals surface area contributed by atoms with Gasteiger partial charge in [-0.15, -0.1) is 0 Å². The van der Waals surface area contributed by atoms with Crippen molar-refractivity contribution in [1.82, 2.24) is 4.98 Å². The van der Waals surface area contributed by atoms with Gasteiger partial charge in [0.1, 0.15) is 18.2 Å². The minimum atomic E-state index is 0.310. The summed E-state index contributed by atoms with van der Waals surface area (Å²) >= 11 is 15.8. The Bertz CT molecular complexity index is 1150. The highest BCUT2D eigenvalue weighted by atomic mass is 79.9. The highest BCUT2D eigenvalue weighted by Gasteiger charge is 2.12. The largest absolute Gasteiger partial charge is 0.486 e. The van der Waals surface area contributed by atoms with Gasteiger partial charge in [-0.2, -0.15) is 10.4 Å². The zero-order valence-corrected chi connectivity index (χ0v) is 20.4. The number of methoxy groups -OCH3 is 1. The Morgan fingerprint density at radius 3 is 2.59 bits per heavy atom. The number of nitrogens with one attached hydrogen (secondary N) is 1. The maximum absolute atomic E-state index is 9.50. The first-order valence-corrected chi connectivity index (χ1v) is 11.0. The Kier molecular flexibility index (Phi) is 8.48. The van der Waals surface area contributed by atoms with E-state index >= 15 is 0 Å². The average Bonchev–Trinajstić information content (AvgIpc) is 2.74. The first kappa shape index (κ1) is 24.0. The number of rotatable bonds is 8. The van der Waals surface area contributed by atoms with Crippen molar-refractivity contribution in [3.63, 3.8) is 0 Å².